The average molecular weight is 797 g/mol. The van der Waals surface area contributed by atoms with Crippen molar-refractivity contribution in [1.82, 2.24) is 21.3 Å². The number of ether oxygens (including phenoxy) is 2. The molecule has 0 spiro atoms. The van der Waals surface area contributed by atoms with Crippen molar-refractivity contribution in [1.29, 1.82) is 0 Å². The van der Waals surface area contributed by atoms with E-state index in [2.05, 4.69) is 52.7 Å². The zero-order chi connectivity index (χ0) is 41.9. The first-order valence-electron chi connectivity index (χ1n) is 19.5. The Morgan fingerprint density at radius 2 is 1.14 bits per heavy atom. The molecule has 0 saturated carbocycles. The number of hydrogen-bond donors (Lipinski definition) is 6. The first-order valence-corrected chi connectivity index (χ1v) is 19.9. The summed E-state index contributed by atoms with van der Waals surface area (Å²) in [6.45, 7) is 17.8. The van der Waals surface area contributed by atoms with Crippen molar-refractivity contribution in [3.05, 3.63) is 59.7 Å². The van der Waals surface area contributed by atoms with E-state index in [9.17, 15) is 24.0 Å². The van der Waals surface area contributed by atoms with Crippen LogP contribution in [-0.2, 0) is 24.5 Å². The van der Waals surface area contributed by atoms with Gasteiger partial charge in [-0.05, 0) is 133 Å². The van der Waals surface area contributed by atoms with Crippen LogP contribution in [0.25, 0.3) is 0 Å². The van der Waals surface area contributed by atoms with Crippen molar-refractivity contribution < 1.29 is 33.4 Å². The summed E-state index contributed by atoms with van der Waals surface area (Å²) in [6.07, 6.45) is 4.94. The van der Waals surface area contributed by atoms with Gasteiger partial charge in [-0.2, -0.15) is 0 Å². The minimum atomic E-state index is -0.773. The molecule has 0 saturated heterocycles. The van der Waals surface area contributed by atoms with Crippen LogP contribution in [0.1, 0.15) is 136 Å². The van der Waals surface area contributed by atoms with Gasteiger partial charge in [0.1, 0.15) is 17.2 Å². The molecule has 0 heterocycles. The highest BCUT2D eigenvalue weighted by Crippen LogP contribution is 2.22. The van der Waals surface area contributed by atoms with E-state index in [1.807, 2.05) is 12.1 Å². The maximum Gasteiger partial charge on any atom is 0.408 e. The zero-order valence-electron chi connectivity index (χ0n) is 34.7. The van der Waals surface area contributed by atoms with Crippen molar-refractivity contribution in [3.8, 4) is 0 Å². The zero-order valence-corrected chi connectivity index (χ0v) is 35.6. The van der Waals surface area contributed by atoms with E-state index in [0.717, 1.165) is 37.7 Å². The van der Waals surface area contributed by atoms with Crippen molar-refractivity contribution in [2.24, 2.45) is 0 Å². The molecular weight excluding hydrogens is 733 g/mol. The minimum Gasteiger partial charge on any atom is -0.444 e. The van der Waals surface area contributed by atoms with Gasteiger partial charge in [0.05, 0.1) is 0 Å². The number of hydrogen-bond acceptors (Lipinski definition) is 8. The standard InChI is InChI=1S/C42H64N6O7S/c1-40(2,3)30-21-19-29(20-22-30)35(50)48-37(56)46-32-25-23-31(24-26-32)45-34(49)18-13-11-10-12-15-27-43-36(51)33(47-39(53)55-42(7,8)9)17-14-16-28-44-38(52)54-41(4,5)6/h19-26,33H,10-18,27-28H2,1-9H3,(H,43,51)(H,44,52)(H,45,49)(H,47,53)(H2,46,48,50,56)/t33-/m0/s1. The lowest BCUT2D eigenvalue weighted by molar-refractivity contribution is -0.123. The van der Waals surface area contributed by atoms with Gasteiger partial charge in [0, 0.05) is 36.4 Å². The van der Waals surface area contributed by atoms with Gasteiger partial charge in [-0.3, -0.25) is 19.7 Å². The molecule has 0 aromatic heterocycles. The molecule has 310 valence electrons. The number of anilines is 2. The van der Waals surface area contributed by atoms with Crippen LogP contribution < -0.4 is 31.9 Å². The van der Waals surface area contributed by atoms with Gasteiger partial charge in [0.2, 0.25) is 11.8 Å². The summed E-state index contributed by atoms with van der Waals surface area (Å²) in [5.74, 6) is -0.668. The second-order valence-electron chi connectivity index (χ2n) is 16.8. The third-order valence-corrected chi connectivity index (χ3v) is 8.35. The fraction of sp³-hybridized carbons (Fsp3) is 0.571. The largest absolute Gasteiger partial charge is 0.444 e. The summed E-state index contributed by atoms with van der Waals surface area (Å²) < 4.78 is 10.6. The molecule has 2 aromatic carbocycles. The summed E-state index contributed by atoms with van der Waals surface area (Å²) in [6, 6.07) is 13.8. The van der Waals surface area contributed by atoms with Crippen LogP contribution in [0, 0.1) is 0 Å². The Morgan fingerprint density at radius 3 is 1.73 bits per heavy atom. The SMILES string of the molecule is CC(C)(C)OC(=O)NCCCC[C@H](NC(=O)OC(C)(C)C)C(=O)NCCCCCCCC(=O)Nc1ccc(NC(=S)NC(=O)c2ccc(C(C)(C)C)cc2)cc1. The van der Waals surface area contributed by atoms with E-state index in [4.69, 9.17) is 21.7 Å². The Morgan fingerprint density at radius 1 is 0.625 bits per heavy atom. The van der Waals surface area contributed by atoms with Crippen LogP contribution in [0.3, 0.4) is 0 Å². The Balaban J connectivity index is 1.65. The molecule has 56 heavy (non-hydrogen) atoms. The highest BCUT2D eigenvalue weighted by Gasteiger charge is 2.24. The normalized spacial score (nSPS) is 12.1. The smallest absolute Gasteiger partial charge is 0.408 e. The van der Waals surface area contributed by atoms with Crippen molar-refractivity contribution in [2.75, 3.05) is 23.7 Å². The van der Waals surface area contributed by atoms with Gasteiger partial charge in [0.25, 0.3) is 5.91 Å². The summed E-state index contributed by atoms with van der Waals surface area (Å²) in [5.41, 5.74) is 1.68. The number of carbonyl (C=O) groups is 5. The van der Waals surface area contributed by atoms with Crippen molar-refractivity contribution in [2.45, 2.75) is 143 Å². The Hall–Kier alpha value is -4.72. The topological polar surface area (TPSA) is 176 Å². The van der Waals surface area contributed by atoms with Crippen LogP contribution in [0.5, 0.6) is 0 Å². The third-order valence-electron chi connectivity index (χ3n) is 8.14. The number of alkyl carbamates (subject to hydrolysis) is 2. The summed E-state index contributed by atoms with van der Waals surface area (Å²) in [7, 11) is 0. The van der Waals surface area contributed by atoms with Gasteiger partial charge in [0.15, 0.2) is 5.11 Å². The number of thiocarbonyl (C=S) groups is 1. The Labute approximate surface area is 338 Å². The van der Waals surface area contributed by atoms with E-state index in [0.29, 0.717) is 55.7 Å². The van der Waals surface area contributed by atoms with Crippen LogP contribution in [0.2, 0.25) is 0 Å². The molecular formula is C42H64N6O7S. The monoisotopic (exact) mass is 796 g/mol. The molecule has 6 N–H and O–H groups in total. The molecule has 0 radical (unpaired) electrons. The van der Waals surface area contributed by atoms with E-state index in [-0.39, 0.29) is 28.2 Å². The summed E-state index contributed by atoms with van der Waals surface area (Å²) in [5, 5.41) is 17.1. The third kappa shape index (κ3) is 20.8. The molecule has 0 bridgehead atoms. The highest BCUT2D eigenvalue weighted by molar-refractivity contribution is 7.80. The number of carbonyl (C=O) groups excluding carboxylic acids is 5. The fourth-order valence-electron chi connectivity index (χ4n) is 5.29. The predicted octanol–water partition coefficient (Wildman–Crippen LogP) is 8.09. The lowest BCUT2D eigenvalue weighted by Crippen LogP contribution is -2.48. The van der Waals surface area contributed by atoms with Gasteiger partial charge < -0.3 is 36.1 Å². The molecule has 0 fully saturated rings. The van der Waals surface area contributed by atoms with Crippen LogP contribution >= 0.6 is 12.2 Å². The molecule has 0 aliphatic heterocycles. The Bertz CT molecular complexity index is 1590. The van der Waals surface area contributed by atoms with Crippen molar-refractivity contribution >= 4 is 58.6 Å². The van der Waals surface area contributed by atoms with E-state index >= 15 is 0 Å². The van der Waals surface area contributed by atoms with Gasteiger partial charge in [-0.25, -0.2) is 9.59 Å². The number of nitrogens with one attached hydrogen (secondary N) is 6. The number of unbranched alkanes of at least 4 members (excludes halogenated alkanes) is 5. The summed E-state index contributed by atoms with van der Waals surface area (Å²) >= 11 is 5.32. The molecule has 1 atom stereocenters. The fourth-order valence-corrected chi connectivity index (χ4v) is 5.50. The van der Waals surface area contributed by atoms with E-state index in [1.165, 1.54) is 0 Å². The lowest BCUT2D eigenvalue weighted by Gasteiger charge is -2.23. The van der Waals surface area contributed by atoms with Gasteiger partial charge >= 0.3 is 12.2 Å². The molecule has 0 aliphatic rings. The molecule has 5 amide bonds. The lowest BCUT2D eigenvalue weighted by atomic mass is 9.87. The molecule has 2 rings (SSSR count). The second kappa shape index (κ2) is 22.7. The van der Waals surface area contributed by atoms with Gasteiger partial charge in [-0.15, -0.1) is 0 Å². The van der Waals surface area contributed by atoms with E-state index in [1.54, 1.807) is 77.9 Å². The first-order chi connectivity index (χ1) is 26.1. The molecule has 2 aromatic rings. The van der Waals surface area contributed by atoms with Gasteiger partial charge in [-0.1, -0.05) is 52.2 Å². The maximum atomic E-state index is 13.0. The average Bonchev–Trinajstić information content (AvgIpc) is 3.07. The van der Waals surface area contributed by atoms with Crippen molar-refractivity contribution in [3.63, 3.8) is 0 Å². The molecule has 0 unspecified atom stereocenters. The van der Waals surface area contributed by atoms with Crippen LogP contribution in [0.15, 0.2) is 48.5 Å². The minimum absolute atomic E-state index is 0.00556. The molecule has 14 heteroatoms. The predicted molar refractivity (Wildman–Crippen MR) is 226 cm³/mol. The number of benzene rings is 2. The quantitative estimate of drug-likeness (QED) is 0.0643. The van der Waals surface area contributed by atoms with Crippen LogP contribution in [-0.4, -0.2) is 65.4 Å². The second-order valence-corrected chi connectivity index (χ2v) is 17.2. The summed E-state index contributed by atoms with van der Waals surface area (Å²) in [4.78, 5) is 62.4. The number of rotatable bonds is 18. The molecule has 13 nitrogen and oxygen atoms in total. The number of amides is 5. The first kappa shape index (κ1) is 47.4. The van der Waals surface area contributed by atoms with Crippen LogP contribution in [0.4, 0.5) is 21.0 Å². The maximum absolute atomic E-state index is 13.0. The van der Waals surface area contributed by atoms with E-state index < -0.39 is 29.4 Å². The highest BCUT2D eigenvalue weighted by atomic mass is 32.1. The molecule has 0 aliphatic carbocycles. The Kier molecular flexibility index (Phi) is 19.3.